The highest BCUT2D eigenvalue weighted by Crippen LogP contribution is 2.63. The molecule has 0 aromatic heterocycles. The molecule has 2 heterocycles. The zero-order valence-electron chi connectivity index (χ0n) is 17.3. The zero-order valence-corrected chi connectivity index (χ0v) is 19.1. The third-order valence-electron chi connectivity index (χ3n) is 6.15. The Bertz CT molecular complexity index is 542. The number of benzene rings is 1. The van der Waals surface area contributed by atoms with Crippen LogP contribution in [0.25, 0.3) is 0 Å². The smallest absolute Gasteiger partial charge is 0.00573 e. The van der Waals surface area contributed by atoms with Gasteiger partial charge < -0.3 is 0 Å². The zero-order chi connectivity index (χ0) is 18.2. The van der Waals surface area contributed by atoms with Crippen LogP contribution >= 0.6 is 15.8 Å². The Kier molecular flexibility index (Phi) is 6.03. The summed E-state index contributed by atoms with van der Waals surface area (Å²) in [5.41, 5.74) is 3.77. The predicted molar refractivity (Wildman–Crippen MR) is 118 cm³/mol. The SMILES string of the molecule is CC(C)(C)P(Cc1ccccc1P1C2CCCC1CCC2)C(C)(C)C. The van der Waals surface area contributed by atoms with Gasteiger partial charge in [-0.1, -0.05) is 94.5 Å². The van der Waals surface area contributed by atoms with Crippen LogP contribution in [0.15, 0.2) is 24.3 Å². The van der Waals surface area contributed by atoms with E-state index in [1.54, 1.807) is 10.9 Å². The Morgan fingerprint density at radius 1 is 0.840 bits per heavy atom. The Morgan fingerprint density at radius 2 is 1.32 bits per heavy atom. The molecule has 1 aromatic rings. The lowest BCUT2D eigenvalue weighted by atomic mass is 9.99. The minimum Gasteiger partial charge on any atom is -0.0911 e. The van der Waals surface area contributed by atoms with Gasteiger partial charge in [-0.05, 0) is 64.3 Å². The normalized spacial score (nSPS) is 27.6. The maximum atomic E-state index is 2.52. The second-order valence-electron chi connectivity index (χ2n) is 10.1. The van der Waals surface area contributed by atoms with Crippen molar-refractivity contribution in [2.45, 2.75) is 108 Å². The van der Waals surface area contributed by atoms with Gasteiger partial charge in [-0.2, -0.15) is 0 Å². The van der Waals surface area contributed by atoms with Crippen molar-refractivity contribution < 1.29 is 0 Å². The van der Waals surface area contributed by atoms with E-state index < -0.39 is 0 Å². The molecule has 3 rings (SSSR count). The number of fused-ring (bicyclic) bond motifs is 2. The van der Waals surface area contributed by atoms with Gasteiger partial charge in [-0.15, -0.1) is 0 Å². The van der Waals surface area contributed by atoms with E-state index in [0.29, 0.717) is 10.3 Å². The van der Waals surface area contributed by atoms with Crippen LogP contribution in [-0.4, -0.2) is 21.6 Å². The summed E-state index contributed by atoms with van der Waals surface area (Å²) >= 11 is 0. The molecule has 2 fully saturated rings. The van der Waals surface area contributed by atoms with Crippen LogP contribution in [0, 0.1) is 0 Å². The van der Waals surface area contributed by atoms with Crippen LogP contribution in [0.3, 0.4) is 0 Å². The molecule has 0 nitrogen and oxygen atoms in total. The molecule has 0 radical (unpaired) electrons. The molecule has 2 heteroatoms. The predicted octanol–water partition coefficient (Wildman–Crippen LogP) is 7.48. The van der Waals surface area contributed by atoms with E-state index in [0.717, 1.165) is 11.3 Å². The highest BCUT2D eigenvalue weighted by molar-refractivity contribution is 7.67. The van der Waals surface area contributed by atoms with Crippen LogP contribution in [-0.2, 0) is 6.16 Å². The van der Waals surface area contributed by atoms with Gasteiger partial charge in [-0.25, -0.2) is 0 Å². The van der Waals surface area contributed by atoms with Gasteiger partial charge in [-0.3, -0.25) is 0 Å². The van der Waals surface area contributed by atoms with Crippen molar-refractivity contribution in [2.75, 3.05) is 0 Å². The topological polar surface area (TPSA) is 0 Å². The molecule has 0 aliphatic carbocycles. The van der Waals surface area contributed by atoms with E-state index in [1.807, 2.05) is 0 Å². The first-order valence-electron chi connectivity index (χ1n) is 10.3. The van der Waals surface area contributed by atoms with Crippen molar-refractivity contribution in [3.05, 3.63) is 29.8 Å². The second kappa shape index (κ2) is 7.60. The average molecular weight is 377 g/mol. The fraction of sp³-hybridized carbons (Fsp3) is 0.739. The number of hydrogen-bond acceptors (Lipinski definition) is 0. The van der Waals surface area contributed by atoms with Gasteiger partial charge in [0.05, 0.1) is 0 Å². The van der Waals surface area contributed by atoms with Crippen LogP contribution in [0.5, 0.6) is 0 Å². The van der Waals surface area contributed by atoms with Crippen LogP contribution < -0.4 is 5.30 Å². The maximum absolute atomic E-state index is 2.52. The van der Waals surface area contributed by atoms with Crippen LogP contribution in [0.1, 0.15) is 85.6 Å². The lowest BCUT2D eigenvalue weighted by molar-refractivity contribution is 0.479. The fourth-order valence-corrected chi connectivity index (χ4v) is 12.9. The van der Waals surface area contributed by atoms with E-state index in [4.69, 9.17) is 0 Å². The first-order valence-corrected chi connectivity index (χ1v) is 13.3. The molecule has 0 spiro atoms. The molecule has 1 aromatic carbocycles. The Labute approximate surface area is 159 Å². The van der Waals surface area contributed by atoms with Crippen molar-refractivity contribution in [1.29, 1.82) is 0 Å². The van der Waals surface area contributed by atoms with Crippen molar-refractivity contribution in [3.8, 4) is 0 Å². The molecule has 0 N–H and O–H groups in total. The van der Waals surface area contributed by atoms with Gasteiger partial charge in [0.2, 0.25) is 0 Å². The van der Waals surface area contributed by atoms with E-state index in [9.17, 15) is 0 Å². The first-order chi connectivity index (χ1) is 11.7. The lowest BCUT2D eigenvalue weighted by Gasteiger charge is -2.45. The van der Waals surface area contributed by atoms with Crippen molar-refractivity contribution in [2.24, 2.45) is 0 Å². The molecule has 140 valence electrons. The molecule has 2 saturated heterocycles. The van der Waals surface area contributed by atoms with E-state index >= 15 is 0 Å². The van der Waals surface area contributed by atoms with Gasteiger partial charge in [0.15, 0.2) is 0 Å². The molecule has 0 saturated carbocycles. The van der Waals surface area contributed by atoms with Crippen molar-refractivity contribution in [1.82, 2.24) is 0 Å². The largest absolute Gasteiger partial charge is 0.0911 e. The molecule has 0 unspecified atom stereocenters. The fourth-order valence-electron chi connectivity index (χ4n) is 5.26. The Balaban J connectivity index is 1.93. The van der Waals surface area contributed by atoms with Crippen molar-refractivity contribution >= 4 is 21.1 Å². The average Bonchev–Trinajstić information content (AvgIpc) is 2.50. The van der Waals surface area contributed by atoms with Gasteiger partial charge in [0.1, 0.15) is 0 Å². The maximum Gasteiger partial charge on any atom is -0.00573 e. The second-order valence-corrected chi connectivity index (χ2v) is 16.7. The molecule has 25 heavy (non-hydrogen) atoms. The third kappa shape index (κ3) is 4.50. The van der Waals surface area contributed by atoms with E-state index in [2.05, 4.69) is 65.8 Å². The quantitative estimate of drug-likeness (QED) is 0.480. The van der Waals surface area contributed by atoms with Crippen LogP contribution in [0.2, 0.25) is 0 Å². The molecule has 0 amide bonds. The molecular weight excluding hydrogens is 338 g/mol. The first kappa shape index (κ1) is 19.8. The van der Waals surface area contributed by atoms with E-state index in [1.165, 1.54) is 44.7 Å². The third-order valence-corrected chi connectivity index (χ3v) is 13.6. The summed E-state index contributed by atoms with van der Waals surface area (Å²) in [6.45, 7) is 14.8. The summed E-state index contributed by atoms with van der Waals surface area (Å²) in [6, 6.07) is 9.62. The van der Waals surface area contributed by atoms with Gasteiger partial charge in [0.25, 0.3) is 0 Å². The van der Waals surface area contributed by atoms with Gasteiger partial charge >= 0.3 is 0 Å². The minimum absolute atomic E-state index is 0.0607. The molecule has 2 aliphatic heterocycles. The lowest BCUT2D eigenvalue weighted by Crippen LogP contribution is -2.33. The van der Waals surface area contributed by atoms with Crippen LogP contribution in [0.4, 0.5) is 0 Å². The summed E-state index contributed by atoms with van der Waals surface area (Å²) in [5, 5.41) is 2.63. The molecule has 2 aliphatic rings. The summed E-state index contributed by atoms with van der Waals surface area (Å²) in [6.07, 6.45) is 10.3. The summed E-state index contributed by atoms with van der Waals surface area (Å²) < 4.78 is 0. The highest BCUT2D eigenvalue weighted by Gasteiger charge is 2.39. The monoisotopic (exact) mass is 376 g/mol. The Hall–Kier alpha value is 0.0800. The molecule has 0 atom stereocenters. The number of rotatable bonds is 3. The minimum atomic E-state index is -0.0607. The van der Waals surface area contributed by atoms with Gasteiger partial charge in [0, 0.05) is 0 Å². The summed E-state index contributed by atoms with van der Waals surface area (Å²) in [5.74, 6) is 0. The molecular formula is C23H38P2. The van der Waals surface area contributed by atoms with E-state index in [-0.39, 0.29) is 15.8 Å². The highest BCUT2D eigenvalue weighted by atomic mass is 31.1. The number of hydrogen-bond donors (Lipinski definition) is 0. The standard InChI is InChI=1S/C23H38P2/c1-22(2,3)24(23(4,5)6)17-18-11-7-8-16-21(18)25-19-12-9-13-20(25)15-10-14-19/h7-8,11,16,19-20H,9-10,12-15,17H2,1-6H3. The van der Waals surface area contributed by atoms with Crippen molar-refractivity contribution in [3.63, 3.8) is 0 Å². The Morgan fingerprint density at radius 3 is 1.80 bits per heavy atom. The summed E-state index contributed by atoms with van der Waals surface area (Å²) in [7, 11) is 0.0218. The molecule has 2 bridgehead atoms. The summed E-state index contributed by atoms with van der Waals surface area (Å²) in [4.78, 5) is 0.